The van der Waals surface area contributed by atoms with Crippen LogP contribution >= 0.6 is 11.6 Å². The van der Waals surface area contributed by atoms with Crippen LogP contribution in [0.1, 0.15) is 12.7 Å². The molecule has 0 aliphatic heterocycles. The SMILES string of the molecule is CCn1c(CC(O)C(F)(F)F)nc2cc(Cl)ccc21. The molecule has 104 valence electrons. The van der Waals surface area contributed by atoms with Gasteiger partial charge in [-0.2, -0.15) is 13.2 Å². The monoisotopic (exact) mass is 292 g/mol. The molecule has 0 saturated carbocycles. The Morgan fingerprint density at radius 2 is 2.11 bits per heavy atom. The topological polar surface area (TPSA) is 38.0 Å². The Morgan fingerprint density at radius 1 is 1.42 bits per heavy atom. The molecule has 0 radical (unpaired) electrons. The van der Waals surface area contributed by atoms with Gasteiger partial charge in [0.1, 0.15) is 5.82 Å². The number of aliphatic hydroxyl groups excluding tert-OH is 1. The lowest BCUT2D eigenvalue weighted by Crippen LogP contribution is -2.31. The number of rotatable bonds is 3. The zero-order valence-corrected chi connectivity index (χ0v) is 10.8. The maximum Gasteiger partial charge on any atom is 0.414 e. The van der Waals surface area contributed by atoms with E-state index >= 15 is 0 Å². The van der Waals surface area contributed by atoms with E-state index in [1.54, 1.807) is 29.7 Å². The van der Waals surface area contributed by atoms with Crippen LogP contribution in [0.15, 0.2) is 18.2 Å². The van der Waals surface area contributed by atoms with Gasteiger partial charge >= 0.3 is 6.18 Å². The molecule has 0 spiro atoms. The molecule has 0 amide bonds. The fourth-order valence-corrected chi connectivity index (χ4v) is 2.12. The van der Waals surface area contributed by atoms with Gasteiger partial charge in [0.25, 0.3) is 0 Å². The van der Waals surface area contributed by atoms with E-state index in [4.69, 9.17) is 16.7 Å². The van der Waals surface area contributed by atoms with E-state index in [0.717, 1.165) is 0 Å². The molecule has 0 aliphatic carbocycles. The molecule has 0 fully saturated rings. The number of aryl methyl sites for hydroxylation is 1. The van der Waals surface area contributed by atoms with Gasteiger partial charge in [0.2, 0.25) is 0 Å². The average molecular weight is 293 g/mol. The molecule has 0 saturated heterocycles. The molecule has 7 heteroatoms. The summed E-state index contributed by atoms with van der Waals surface area (Å²) in [6.07, 6.45) is -7.62. The highest BCUT2D eigenvalue weighted by atomic mass is 35.5. The highest BCUT2D eigenvalue weighted by molar-refractivity contribution is 6.31. The number of hydrogen-bond donors (Lipinski definition) is 1. The smallest absolute Gasteiger partial charge is 0.383 e. The molecule has 1 aromatic heterocycles. The lowest BCUT2D eigenvalue weighted by atomic mass is 10.2. The first-order valence-corrected chi connectivity index (χ1v) is 6.10. The first-order chi connectivity index (χ1) is 8.82. The van der Waals surface area contributed by atoms with Crippen molar-refractivity contribution >= 4 is 22.6 Å². The fraction of sp³-hybridized carbons (Fsp3) is 0.417. The minimum absolute atomic E-state index is 0.199. The standard InChI is InChI=1S/C12H12ClF3N2O/c1-2-18-9-4-3-7(13)5-8(9)17-11(18)6-10(19)12(14,15)16/h3-5,10,19H,2,6H2,1H3. The van der Waals surface area contributed by atoms with Crippen LogP contribution in [0.5, 0.6) is 0 Å². The summed E-state index contributed by atoms with van der Waals surface area (Å²) in [5, 5.41) is 9.60. The second kappa shape index (κ2) is 5.02. The van der Waals surface area contributed by atoms with Gasteiger partial charge in [0.15, 0.2) is 6.10 Å². The molecule has 2 rings (SSSR count). The van der Waals surface area contributed by atoms with Crippen LogP contribution in [0.25, 0.3) is 11.0 Å². The van der Waals surface area contributed by atoms with Crippen molar-refractivity contribution in [1.29, 1.82) is 0 Å². The first kappa shape index (κ1) is 14.1. The number of nitrogens with zero attached hydrogens (tertiary/aromatic N) is 2. The highest BCUT2D eigenvalue weighted by Crippen LogP contribution is 2.25. The van der Waals surface area contributed by atoms with E-state index in [1.165, 1.54) is 0 Å². The lowest BCUT2D eigenvalue weighted by molar-refractivity contribution is -0.203. The summed E-state index contributed by atoms with van der Waals surface area (Å²) in [6, 6.07) is 4.95. The van der Waals surface area contributed by atoms with Crippen molar-refractivity contribution in [2.24, 2.45) is 0 Å². The van der Waals surface area contributed by atoms with Crippen molar-refractivity contribution in [3.8, 4) is 0 Å². The van der Waals surface area contributed by atoms with E-state index in [0.29, 0.717) is 22.6 Å². The van der Waals surface area contributed by atoms with Crippen LogP contribution in [0.4, 0.5) is 13.2 Å². The molecule has 0 aliphatic rings. The summed E-state index contributed by atoms with van der Waals surface area (Å²) >= 11 is 5.82. The van der Waals surface area contributed by atoms with Gasteiger partial charge in [0.05, 0.1) is 11.0 Å². The lowest BCUT2D eigenvalue weighted by Gasteiger charge is -2.14. The molecular weight excluding hydrogens is 281 g/mol. The van der Waals surface area contributed by atoms with Gasteiger partial charge in [0, 0.05) is 18.0 Å². The normalized spacial score (nSPS) is 14.0. The summed E-state index contributed by atoms with van der Waals surface area (Å²) in [4.78, 5) is 4.12. The number of alkyl halides is 3. The fourth-order valence-electron chi connectivity index (χ4n) is 1.95. The summed E-state index contributed by atoms with van der Waals surface area (Å²) < 4.78 is 38.8. The van der Waals surface area contributed by atoms with Crippen molar-refractivity contribution in [1.82, 2.24) is 9.55 Å². The molecular formula is C12H12ClF3N2O. The van der Waals surface area contributed by atoms with Crippen LogP contribution in [0, 0.1) is 0 Å². The van der Waals surface area contributed by atoms with Crippen LogP contribution in [0.3, 0.4) is 0 Å². The Bertz CT molecular complexity index is 594. The van der Waals surface area contributed by atoms with Crippen molar-refractivity contribution in [3.63, 3.8) is 0 Å². The van der Waals surface area contributed by atoms with Gasteiger partial charge in [-0.05, 0) is 25.1 Å². The van der Waals surface area contributed by atoms with Crippen LogP contribution in [-0.4, -0.2) is 26.9 Å². The minimum atomic E-state index is -4.64. The number of aliphatic hydroxyl groups is 1. The van der Waals surface area contributed by atoms with Crippen molar-refractivity contribution in [3.05, 3.63) is 29.0 Å². The predicted octanol–water partition coefficient (Wildman–Crippen LogP) is 3.18. The molecule has 1 N–H and O–H groups in total. The van der Waals surface area contributed by atoms with E-state index < -0.39 is 18.7 Å². The molecule has 3 nitrogen and oxygen atoms in total. The maximum atomic E-state index is 12.4. The van der Waals surface area contributed by atoms with E-state index in [9.17, 15) is 13.2 Å². The number of aromatic nitrogens is 2. The predicted molar refractivity (Wildman–Crippen MR) is 66.2 cm³/mol. The van der Waals surface area contributed by atoms with Crippen LogP contribution < -0.4 is 0 Å². The third-order valence-electron chi connectivity index (χ3n) is 2.86. The Morgan fingerprint density at radius 3 is 2.68 bits per heavy atom. The van der Waals surface area contributed by atoms with Crippen molar-refractivity contribution in [2.75, 3.05) is 0 Å². The molecule has 1 aromatic carbocycles. The van der Waals surface area contributed by atoms with Gasteiger partial charge in [-0.25, -0.2) is 4.98 Å². The zero-order valence-electron chi connectivity index (χ0n) is 10.1. The molecule has 1 heterocycles. The Kier molecular flexibility index (Phi) is 3.73. The minimum Gasteiger partial charge on any atom is -0.383 e. The summed E-state index contributed by atoms with van der Waals surface area (Å²) in [7, 11) is 0. The maximum absolute atomic E-state index is 12.4. The van der Waals surface area contributed by atoms with E-state index in [2.05, 4.69) is 4.98 Å². The van der Waals surface area contributed by atoms with E-state index in [-0.39, 0.29) is 5.82 Å². The molecule has 0 bridgehead atoms. The Labute approximate surface area is 112 Å². The van der Waals surface area contributed by atoms with Crippen molar-refractivity contribution < 1.29 is 18.3 Å². The average Bonchev–Trinajstić information content (AvgIpc) is 2.63. The highest BCUT2D eigenvalue weighted by Gasteiger charge is 2.39. The largest absolute Gasteiger partial charge is 0.414 e. The second-order valence-corrected chi connectivity index (χ2v) is 4.60. The van der Waals surface area contributed by atoms with Crippen molar-refractivity contribution in [2.45, 2.75) is 32.2 Å². The quantitative estimate of drug-likeness (QED) is 0.943. The molecule has 1 atom stereocenters. The number of hydrogen-bond acceptors (Lipinski definition) is 2. The number of fused-ring (bicyclic) bond motifs is 1. The summed E-state index contributed by atoms with van der Waals surface area (Å²) in [5.41, 5.74) is 1.23. The second-order valence-electron chi connectivity index (χ2n) is 4.17. The van der Waals surface area contributed by atoms with Gasteiger partial charge in [-0.15, -0.1) is 0 Å². The van der Waals surface area contributed by atoms with E-state index in [1.807, 2.05) is 0 Å². The van der Waals surface area contributed by atoms with Gasteiger partial charge < -0.3 is 9.67 Å². The Balaban J connectivity index is 2.43. The zero-order chi connectivity index (χ0) is 14.2. The number of imidazole rings is 1. The van der Waals surface area contributed by atoms with Crippen LogP contribution in [-0.2, 0) is 13.0 Å². The molecule has 2 aromatic rings. The Hall–Kier alpha value is -1.27. The van der Waals surface area contributed by atoms with Gasteiger partial charge in [-0.1, -0.05) is 11.6 Å². The van der Waals surface area contributed by atoms with Crippen LogP contribution in [0.2, 0.25) is 5.02 Å². The summed E-state index contributed by atoms with van der Waals surface area (Å²) in [5.74, 6) is 0.199. The summed E-state index contributed by atoms with van der Waals surface area (Å²) in [6.45, 7) is 2.28. The number of benzene rings is 1. The molecule has 19 heavy (non-hydrogen) atoms. The number of halogens is 4. The third kappa shape index (κ3) is 2.84. The molecule has 1 unspecified atom stereocenters. The van der Waals surface area contributed by atoms with Gasteiger partial charge in [-0.3, -0.25) is 0 Å². The third-order valence-corrected chi connectivity index (χ3v) is 3.09. The first-order valence-electron chi connectivity index (χ1n) is 5.72.